The SMILES string of the molecule is CNc1cccc(NC(C)c2ccc(C)cc2)n1. The Hall–Kier alpha value is -2.03. The number of nitrogens with zero attached hydrogens (tertiary/aromatic N) is 1. The van der Waals surface area contributed by atoms with Gasteiger partial charge in [0.05, 0.1) is 0 Å². The van der Waals surface area contributed by atoms with Crippen molar-refractivity contribution in [3.05, 3.63) is 53.6 Å². The van der Waals surface area contributed by atoms with Crippen molar-refractivity contribution in [1.82, 2.24) is 4.98 Å². The lowest BCUT2D eigenvalue weighted by atomic mass is 10.1. The summed E-state index contributed by atoms with van der Waals surface area (Å²) in [6.45, 7) is 4.23. The topological polar surface area (TPSA) is 37.0 Å². The second-order valence-corrected chi connectivity index (χ2v) is 4.43. The third-order valence-electron chi connectivity index (χ3n) is 2.95. The molecule has 0 bridgehead atoms. The van der Waals surface area contributed by atoms with E-state index in [9.17, 15) is 0 Å². The van der Waals surface area contributed by atoms with E-state index in [1.165, 1.54) is 11.1 Å². The van der Waals surface area contributed by atoms with Crippen LogP contribution in [0.2, 0.25) is 0 Å². The summed E-state index contributed by atoms with van der Waals surface area (Å²) in [5.41, 5.74) is 2.54. The molecule has 0 radical (unpaired) electrons. The molecule has 0 saturated heterocycles. The van der Waals surface area contributed by atoms with Gasteiger partial charge in [-0.25, -0.2) is 4.98 Å². The van der Waals surface area contributed by atoms with Crippen LogP contribution in [-0.4, -0.2) is 12.0 Å². The Bertz CT molecular complexity index is 505. The maximum absolute atomic E-state index is 4.45. The Morgan fingerprint density at radius 3 is 2.33 bits per heavy atom. The maximum Gasteiger partial charge on any atom is 0.128 e. The predicted octanol–water partition coefficient (Wildman–Crippen LogP) is 3.60. The third-order valence-corrected chi connectivity index (χ3v) is 2.95. The second kappa shape index (κ2) is 5.54. The predicted molar refractivity (Wildman–Crippen MR) is 77.0 cm³/mol. The van der Waals surface area contributed by atoms with E-state index in [4.69, 9.17) is 0 Å². The van der Waals surface area contributed by atoms with E-state index in [0.29, 0.717) is 0 Å². The summed E-state index contributed by atoms with van der Waals surface area (Å²) in [4.78, 5) is 4.45. The maximum atomic E-state index is 4.45. The van der Waals surface area contributed by atoms with Crippen LogP contribution in [0.5, 0.6) is 0 Å². The van der Waals surface area contributed by atoms with Crippen molar-refractivity contribution >= 4 is 11.6 Å². The standard InChI is InChI=1S/C15H19N3/c1-11-7-9-13(10-8-11)12(2)17-15-6-4-5-14(16-3)18-15/h4-10,12H,1-3H3,(H2,16,17,18). The van der Waals surface area contributed by atoms with Gasteiger partial charge in [0.2, 0.25) is 0 Å². The second-order valence-electron chi connectivity index (χ2n) is 4.43. The summed E-state index contributed by atoms with van der Waals surface area (Å²) >= 11 is 0. The molecule has 3 nitrogen and oxygen atoms in total. The molecule has 1 unspecified atom stereocenters. The van der Waals surface area contributed by atoms with Crippen molar-refractivity contribution in [3.63, 3.8) is 0 Å². The molecule has 18 heavy (non-hydrogen) atoms. The van der Waals surface area contributed by atoms with Gasteiger partial charge in [0, 0.05) is 13.1 Å². The summed E-state index contributed by atoms with van der Waals surface area (Å²) < 4.78 is 0. The Labute approximate surface area is 108 Å². The van der Waals surface area contributed by atoms with Crippen molar-refractivity contribution in [2.24, 2.45) is 0 Å². The van der Waals surface area contributed by atoms with Crippen LogP contribution in [-0.2, 0) is 0 Å². The van der Waals surface area contributed by atoms with Crippen LogP contribution in [0.3, 0.4) is 0 Å². The fraction of sp³-hybridized carbons (Fsp3) is 0.267. The minimum Gasteiger partial charge on any atom is -0.373 e. The summed E-state index contributed by atoms with van der Waals surface area (Å²) in [7, 11) is 1.87. The van der Waals surface area contributed by atoms with Gasteiger partial charge >= 0.3 is 0 Å². The average Bonchev–Trinajstić information content (AvgIpc) is 2.39. The number of anilines is 2. The summed E-state index contributed by atoms with van der Waals surface area (Å²) in [6, 6.07) is 14.7. The van der Waals surface area contributed by atoms with E-state index >= 15 is 0 Å². The van der Waals surface area contributed by atoms with Gasteiger partial charge in [-0.05, 0) is 31.5 Å². The lowest BCUT2D eigenvalue weighted by molar-refractivity contribution is 0.874. The van der Waals surface area contributed by atoms with Crippen molar-refractivity contribution < 1.29 is 0 Å². The molecular formula is C15H19N3. The molecule has 1 atom stereocenters. The minimum atomic E-state index is 0.241. The molecule has 0 amide bonds. The van der Waals surface area contributed by atoms with E-state index in [0.717, 1.165) is 11.6 Å². The molecule has 0 aliphatic rings. The largest absolute Gasteiger partial charge is 0.373 e. The van der Waals surface area contributed by atoms with E-state index in [1.807, 2.05) is 25.2 Å². The number of aryl methyl sites for hydroxylation is 1. The molecule has 1 heterocycles. The van der Waals surface area contributed by atoms with Crippen LogP contribution >= 0.6 is 0 Å². The highest BCUT2D eigenvalue weighted by Gasteiger charge is 2.05. The molecule has 1 aromatic carbocycles. The Kier molecular flexibility index (Phi) is 3.82. The van der Waals surface area contributed by atoms with Gasteiger partial charge in [0.1, 0.15) is 11.6 Å². The average molecular weight is 241 g/mol. The van der Waals surface area contributed by atoms with Crippen LogP contribution in [0.1, 0.15) is 24.1 Å². The number of rotatable bonds is 4. The number of aromatic nitrogens is 1. The van der Waals surface area contributed by atoms with Crippen LogP contribution in [0.4, 0.5) is 11.6 Å². The highest BCUT2D eigenvalue weighted by molar-refractivity contribution is 5.46. The van der Waals surface area contributed by atoms with E-state index in [-0.39, 0.29) is 6.04 Å². The summed E-state index contributed by atoms with van der Waals surface area (Å²) in [6.07, 6.45) is 0. The van der Waals surface area contributed by atoms with Gasteiger partial charge in [-0.3, -0.25) is 0 Å². The van der Waals surface area contributed by atoms with Gasteiger partial charge in [0.15, 0.2) is 0 Å². The number of hydrogen-bond donors (Lipinski definition) is 2. The molecule has 2 rings (SSSR count). The number of pyridine rings is 1. The van der Waals surface area contributed by atoms with Crippen molar-refractivity contribution in [2.75, 3.05) is 17.7 Å². The van der Waals surface area contributed by atoms with Crippen molar-refractivity contribution in [1.29, 1.82) is 0 Å². The number of benzene rings is 1. The quantitative estimate of drug-likeness (QED) is 0.858. The Balaban J connectivity index is 2.10. The monoisotopic (exact) mass is 241 g/mol. The molecular weight excluding hydrogens is 222 g/mol. The molecule has 0 aliphatic heterocycles. The molecule has 0 aliphatic carbocycles. The molecule has 0 fully saturated rings. The van der Waals surface area contributed by atoms with Crippen molar-refractivity contribution in [2.45, 2.75) is 19.9 Å². The Morgan fingerprint density at radius 1 is 1.00 bits per heavy atom. The fourth-order valence-corrected chi connectivity index (χ4v) is 1.81. The van der Waals surface area contributed by atoms with Gasteiger partial charge in [-0.15, -0.1) is 0 Å². The number of nitrogens with one attached hydrogen (secondary N) is 2. The molecule has 2 N–H and O–H groups in total. The molecule has 94 valence electrons. The van der Waals surface area contributed by atoms with E-state index in [1.54, 1.807) is 0 Å². The fourth-order valence-electron chi connectivity index (χ4n) is 1.81. The lowest BCUT2D eigenvalue weighted by Gasteiger charge is -2.15. The zero-order chi connectivity index (χ0) is 13.0. The van der Waals surface area contributed by atoms with E-state index < -0.39 is 0 Å². The molecule has 0 spiro atoms. The number of hydrogen-bond acceptors (Lipinski definition) is 3. The van der Waals surface area contributed by atoms with Crippen LogP contribution in [0, 0.1) is 6.92 Å². The lowest BCUT2D eigenvalue weighted by Crippen LogP contribution is -2.08. The van der Waals surface area contributed by atoms with Gasteiger partial charge in [0.25, 0.3) is 0 Å². The first-order valence-electron chi connectivity index (χ1n) is 6.17. The van der Waals surface area contributed by atoms with Gasteiger partial charge < -0.3 is 10.6 Å². The van der Waals surface area contributed by atoms with Gasteiger partial charge in [-0.1, -0.05) is 35.9 Å². The minimum absolute atomic E-state index is 0.241. The highest BCUT2D eigenvalue weighted by Crippen LogP contribution is 2.19. The zero-order valence-corrected chi connectivity index (χ0v) is 11.1. The highest BCUT2D eigenvalue weighted by atomic mass is 15.1. The van der Waals surface area contributed by atoms with E-state index in [2.05, 4.69) is 53.7 Å². The Morgan fingerprint density at radius 2 is 1.67 bits per heavy atom. The first kappa shape index (κ1) is 12.4. The molecule has 3 heteroatoms. The molecule has 1 aromatic heterocycles. The third kappa shape index (κ3) is 3.00. The first-order chi connectivity index (χ1) is 8.69. The summed E-state index contributed by atoms with van der Waals surface area (Å²) in [5, 5.41) is 6.44. The zero-order valence-electron chi connectivity index (χ0n) is 11.1. The molecule has 2 aromatic rings. The van der Waals surface area contributed by atoms with Gasteiger partial charge in [-0.2, -0.15) is 0 Å². The van der Waals surface area contributed by atoms with Crippen LogP contribution < -0.4 is 10.6 Å². The first-order valence-corrected chi connectivity index (χ1v) is 6.17. The van der Waals surface area contributed by atoms with Crippen LogP contribution in [0.15, 0.2) is 42.5 Å². The van der Waals surface area contributed by atoms with Crippen LogP contribution in [0.25, 0.3) is 0 Å². The smallest absolute Gasteiger partial charge is 0.128 e. The summed E-state index contributed by atoms with van der Waals surface area (Å²) in [5.74, 6) is 1.76. The normalized spacial score (nSPS) is 11.9. The van der Waals surface area contributed by atoms with Crippen molar-refractivity contribution in [3.8, 4) is 0 Å². The molecule has 0 saturated carbocycles.